The number of aryl methyl sites for hydroxylation is 1. The number of ether oxygens (including phenoxy) is 2. The molecule has 1 N–H and O–H groups in total. The number of para-hydroxylation sites is 2. The molecule has 0 aliphatic rings. The molecule has 0 spiro atoms. The van der Waals surface area contributed by atoms with Gasteiger partial charge in [-0.2, -0.15) is 0 Å². The molecular formula is C31H39N3O6S. The third-order valence-electron chi connectivity index (χ3n) is 6.57. The fourth-order valence-electron chi connectivity index (χ4n) is 4.41. The minimum Gasteiger partial charge on any atom is -0.497 e. The molecule has 0 aliphatic heterocycles. The van der Waals surface area contributed by atoms with Crippen molar-refractivity contribution in [3.63, 3.8) is 0 Å². The van der Waals surface area contributed by atoms with Crippen molar-refractivity contribution in [2.45, 2.75) is 57.6 Å². The molecule has 3 aromatic carbocycles. The summed E-state index contributed by atoms with van der Waals surface area (Å²) in [4.78, 5) is 28.9. The number of carbonyl (C=O) groups excluding carboxylic acids is 2. The minimum absolute atomic E-state index is 0.0353. The predicted molar refractivity (Wildman–Crippen MR) is 160 cm³/mol. The number of carbonyl (C=O) groups is 2. The first kappa shape index (κ1) is 31.5. The van der Waals surface area contributed by atoms with Gasteiger partial charge in [0.15, 0.2) is 0 Å². The number of sulfonamides is 1. The molecule has 3 aromatic rings. The summed E-state index contributed by atoms with van der Waals surface area (Å²) in [7, 11) is -1.19. The lowest BCUT2D eigenvalue weighted by Gasteiger charge is -2.33. The molecule has 1 atom stereocenters. The first-order chi connectivity index (χ1) is 19.5. The Kier molecular flexibility index (Phi) is 10.8. The second-order valence-corrected chi connectivity index (χ2v) is 11.8. The Bertz CT molecular complexity index is 1420. The van der Waals surface area contributed by atoms with Crippen LogP contribution in [0.5, 0.6) is 11.5 Å². The molecule has 0 radical (unpaired) electrons. The van der Waals surface area contributed by atoms with Gasteiger partial charge < -0.3 is 19.7 Å². The largest absolute Gasteiger partial charge is 0.497 e. The van der Waals surface area contributed by atoms with Crippen LogP contribution in [0.2, 0.25) is 0 Å². The maximum atomic E-state index is 14.2. The molecule has 0 saturated heterocycles. The Morgan fingerprint density at radius 3 is 2.10 bits per heavy atom. The highest BCUT2D eigenvalue weighted by atomic mass is 32.2. The van der Waals surface area contributed by atoms with Crippen molar-refractivity contribution in [2.75, 3.05) is 25.1 Å². The van der Waals surface area contributed by atoms with Gasteiger partial charge in [0.1, 0.15) is 24.1 Å². The van der Waals surface area contributed by atoms with E-state index in [1.54, 1.807) is 55.6 Å². The summed E-state index contributed by atoms with van der Waals surface area (Å²) in [6, 6.07) is 19.3. The number of hydrogen-bond donors (Lipinski definition) is 1. The third kappa shape index (κ3) is 7.79. The second kappa shape index (κ2) is 14.0. The molecule has 220 valence electrons. The zero-order chi connectivity index (χ0) is 30.2. The normalized spacial score (nSPS) is 12.0. The summed E-state index contributed by atoms with van der Waals surface area (Å²) < 4.78 is 39.8. The van der Waals surface area contributed by atoms with Gasteiger partial charge in [-0.25, -0.2) is 8.42 Å². The van der Waals surface area contributed by atoms with Gasteiger partial charge >= 0.3 is 0 Å². The summed E-state index contributed by atoms with van der Waals surface area (Å²) in [6.45, 7) is 6.92. The lowest BCUT2D eigenvalue weighted by atomic mass is 10.1. The van der Waals surface area contributed by atoms with Crippen LogP contribution in [-0.2, 0) is 26.2 Å². The highest BCUT2D eigenvalue weighted by molar-refractivity contribution is 7.92. The van der Waals surface area contributed by atoms with Crippen LogP contribution in [0.3, 0.4) is 0 Å². The molecule has 41 heavy (non-hydrogen) atoms. The van der Waals surface area contributed by atoms with Crippen LogP contribution in [0.4, 0.5) is 5.69 Å². The molecule has 0 bridgehead atoms. The molecule has 2 amide bonds. The van der Waals surface area contributed by atoms with E-state index in [0.29, 0.717) is 17.9 Å². The van der Waals surface area contributed by atoms with E-state index in [2.05, 4.69) is 5.32 Å². The Morgan fingerprint density at radius 1 is 0.902 bits per heavy atom. The fraction of sp³-hybridized carbons (Fsp3) is 0.355. The van der Waals surface area contributed by atoms with Crippen molar-refractivity contribution >= 4 is 27.5 Å². The van der Waals surface area contributed by atoms with Crippen LogP contribution in [0.1, 0.15) is 38.3 Å². The molecule has 0 aromatic heterocycles. The molecule has 0 aliphatic carbocycles. The van der Waals surface area contributed by atoms with Crippen molar-refractivity contribution in [3.8, 4) is 11.5 Å². The number of nitrogens with one attached hydrogen (secondary N) is 1. The molecular weight excluding hydrogens is 542 g/mol. The van der Waals surface area contributed by atoms with E-state index in [4.69, 9.17) is 9.47 Å². The zero-order valence-corrected chi connectivity index (χ0v) is 25.3. The summed E-state index contributed by atoms with van der Waals surface area (Å²) in [5, 5.41) is 2.89. The summed E-state index contributed by atoms with van der Waals surface area (Å²) >= 11 is 0. The smallest absolute Gasteiger partial charge is 0.264 e. The van der Waals surface area contributed by atoms with Crippen LogP contribution in [0.25, 0.3) is 0 Å². The third-order valence-corrected chi connectivity index (χ3v) is 8.34. The Balaban J connectivity index is 2.09. The number of nitrogens with zero attached hydrogens (tertiary/aromatic N) is 2. The fourth-order valence-corrected chi connectivity index (χ4v) is 5.84. The number of hydrogen-bond acceptors (Lipinski definition) is 6. The van der Waals surface area contributed by atoms with Crippen molar-refractivity contribution in [2.24, 2.45) is 0 Å². The maximum Gasteiger partial charge on any atom is 0.264 e. The molecule has 0 saturated carbocycles. The van der Waals surface area contributed by atoms with Crippen molar-refractivity contribution in [1.29, 1.82) is 0 Å². The average molecular weight is 582 g/mol. The topological polar surface area (TPSA) is 105 Å². The van der Waals surface area contributed by atoms with Gasteiger partial charge in [-0.3, -0.25) is 13.9 Å². The molecule has 0 unspecified atom stereocenters. The Hall–Kier alpha value is -4.05. The number of methoxy groups -OCH3 is 2. The Morgan fingerprint density at radius 2 is 1.54 bits per heavy atom. The summed E-state index contributed by atoms with van der Waals surface area (Å²) in [5.74, 6) is 0.104. The minimum atomic E-state index is -4.20. The first-order valence-corrected chi connectivity index (χ1v) is 14.9. The van der Waals surface area contributed by atoms with Crippen LogP contribution < -0.4 is 19.1 Å². The van der Waals surface area contributed by atoms with Gasteiger partial charge in [0, 0.05) is 12.6 Å². The second-order valence-electron chi connectivity index (χ2n) is 9.95. The van der Waals surface area contributed by atoms with Gasteiger partial charge in [-0.05, 0) is 69.2 Å². The molecule has 3 rings (SSSR count). The van der Waals surface area contributed by atoms with Crippen LogP contribution in [0, 0.1) is 6.92 Å². The monoisotopic (exact) mass is 581 g/mol. The van der Waals surface area contributed by atoms with E-state index in [9.17, 15) is 18.0 Å². The van der Waals surface area contributed by atoms with E-state index in [-0.39, 0.29) is 29.1 Å². The quantitative estimate of drug-likeness (QED) is 0.318. The summed E-state index contributed by atoms with van der Waals surface area (Å²) in [5.41, 5.74) is 1.88. The number of anilines is 1. The number of amides is 2. The van der Waals surface area contributed by atoms with Crippen molar-refractivity contribution in [1.82, 2.24) is 10.2 Å². The highest BCUT2D eigenvalue weighted by Crippen LogP contribution is 2.32. The van der Waals surface area contributed by atoms with Gasteiger partial charge in [0.2, 0.25) is 11.8 Å². The SMILES string of the molecule is CC[C@H](C(=O)NC(C)C)N(Cc1ccc(OC)cc1)C(=O)CN(c1ccccc1OC)S(=O)(=O)c1ccc(C)cc1. The maximum absolute atomic E-state index is 14.2. The Labute approximate surface area is 243 Å². The number of rotatable bonds is 13. The lowest BCUT2D eigenvalue weighted by Crippen LogP contribution is -2.53. The highest BCUT2D eigenvalue weighted by Gasteiger charge is 2.34. The van der Waals surface area contributed by atoms with E-state index in [0.717, 1.165) is 15.4 Å². The summed E-state index contributed by atoms with van der Waals surface area (Å²) in [6.07, 6.45) is 0.333. The van der Waals surface area contributed by atoms with Crippen LogP contribution in [0.15, 0.2) is 77.7 Å². The lowest BCUT2D eigenvalue weighted by molar-refractivity contribution is -0.140. The van der Waals surface area contributed by atoms with E-state index >= 15 is 0 Å². The van der Waals surface area contributed by atoms with E-state index in [1.807, 2.05) is 39.8 Å². The molecule has 0 fully saturated rings. The predicted octanol–water partition coefficient (Wildman–Crippen LogP) is 4.54. The average Bonchev–Trinajstić information content (AvgIpc) is 2.95. The van der Waals surface area contributed by atoms with Crippen molar-refractivity contribution < 1.29 is 27.5 Å². The van der Waals surface area contributed by atoms with E-state index in [1.165, 1.54) is 24.1 Å². The molecule has 9 nitrogen and oxygen atoms in total. The van der Waals surface area contributed by atoms with Gasteiger partial charge in [-0.1, -0.05) is 48.9 Å². The molecule has 0 heterocycles. The van der Waals surface area contributed by atoms with Crippen LogP contribution in [-0.4, -0.2) is 58.0 Å². The van der Waals surface area contributed by atoms with Gasteiger partial charge in [0.05, 0.1) is 24.8 Å². The first-order valence-electron chi connectivity index (χ1n) is 13.5. The zero-order valence-electron chi connectivity index (χ0n) is 24.5. The van der Waals surface area contributed by atoms with E-state index < -0.39 is 28.5 Å². The van der Waals surface area contributed by atoms with Gasteiger partial charge in [-0.15, -0.1) is 0 Å². The number of benzene rings is 3. The van der Waals surface area contributed by atoms with Crippen LogP contribution >= 0.6 is 0 Å². The standard InChI is InChI=1S/C31H39N3O6S/c1-7-27(31(36)32-22(2)3)33(20-24-14-16-25(39-5)17-15-24)30(35)21-34(28-10-8-9-11-29(28)40-6)41(37,38)26-18-12-23(4)13-19-26/h8-19,22,27H,7,20-21H2,1-6H3,(H,32,36)/t27-/m1/s1. The van der Waals surface area contributed by atoms with Crippen molar-refractivity contribution in [3.05, 3.63) is 83.9 Å². The molecule has 10 heteroatoms. The van der Waals surface area contributed by atoms with Gasteiger partial charge in [0.25, 0.3) is 10.0 Å².